The van der Waals surface area contributed by atoms with Crippen molar-refractivity contribution in [1.82, 2.24) is 9.62 Å². The molecule has 0 aliphatic heterocycles. The number of carbonyl (C=O) groups excluding carboxylic acids is 2. The molecule has 1 aromatic carbocycles. The lowest BCUT2D eigenvalue weighted by atomic mass is 9.86. The van der Waals surface area contributed by atoms with Gasteiger partial charge in [0.05, 0.1) is 16.5 Å². The second-order valence-electron chi connectivity index (χ2n) is 10.4. The van der Waals surface area contributed by atoms with E-state index in [4.69, 9.17) is 5.73 Å². The monoisotopic (exact) mass is 565 g/mol. The number of halogens is 4. The first-order chi connectivity index (χ1) is 17.7. The van der Waals surface area contributed by atoms with Gasteiger partial charge >= 0.3 is 6.18 Å². The van der Waals surface area contributed by atoms with Crippen LogP contribution in [0.4, 0.5) is 17.6 Å². The summed E-state index contributed by atoms with van der Waals surface area (Å²) in [4.78, 5) is 26.0. The van der Waals surface area contributed by atoms with Gasteiger partial charge in [0.15, 0.2) is 0 Å². The molecule has 1 aromatic rings. The maximum absolute atomic E-state index is 13.3. The Bertz CT molecular complexity index is 1040. The van der Waals surface area contributed by atoms with Gasteiger partial charge in [-0.15, -0.1) is 0 Å². The third-order valence-corrected chi connectivity index (χ3v) is 8.26. The van der Waals surface area contributed by atoms with Crippen LogP contribution in [-0.4, -0.2) is 44.3 Å². The van der Waals surface area contributed by atoms with E-state index < -0.39 is 44.4 Å². The van der Waals surface area contributed by atoms with Gasteiger partial charge < -0.3 is 5.73 Å². The number of alkyl halides is 3. The average molecular weight is 566 g/mol. The summed E-state index contributed by atoms with van der Waals surface area (Å²) in [5.74, 6) is -1.40. The molecule has 216 valence electrons. The number of sulfonamides is 1. The lowest BCUT2D eigenvalue weighted by Crippen LogP contribution is -2.47. The van der Waals surface area contributed by atoms with Crippen LogP contribution in [0.1, 0.15) is 83.6 Å². The van der Waals surface area contributed by atoms with Crippen molar-refractivity contribution in [3.63, 3.8) is 0 Å². The van der Waals surface area contributed by atoms with Gasteiger partial charge in [-0.05, 0) is 55.7 Å². The molecular weight excluding hydrogens is 526 g/mol. The van der Waals surface area contributed by atoms with Gasteiger partial charge in [0.25, 0.3) is 0 Å². The summed E-state index contributed by atoms with van der Waals surface area (Å²) in [6, 6.07) is 0.512. The van der Waals surface area contributed by atoms with E-state index in [1.807, 2.05) is 13.8 Å². The Morgan fingerprint density at radius 1 is 1.13 bits per heavy atom. The van der Waals surface area contributed by atoms with E-state index in [9.17, 15) is 35.6 Å². The highest BCUT2D eigenvalue weighted by Gasteiger charge is 2.37. The van der Waals surface area contributed by atoms with E-state index in [-0.39, 0.29) is 50.2 Å². The van der Waals surface area contributed by atoms with Crippen LogP contribution < -0.4 is 10.5 Å². The summed E-state index contributed by atoms with van der Waals surface area (Å²) in [7, 11) is -4.58. The van der Waals surface area contributed by atoms with E-state index in [0.29, 0.717) is 30.9 Å². The molecule has 2 rings (SSSR count). The van der Waals surface area contributed by atoms with Gasteiger partial charge in [-0.1, -0.05) is 46.0 Å². The number of imide groups is 1. The summed E-state index contributed by atoms with van der Waals surface area (Å²) in [5.41, 5.74) is 4.46. The molecule has 12 heteroatoms. The van der Waals surface area contributed by atoms with Gasteiger partial charge in [-0.25, -0.2) is 17.5 Å². The second-order valence-corrected chi connectivity index (χ2v) is 12.1. The van der Waals surface area contributed by atoms with Gasteiger partial charge in [0.1, 0.15) is 5.82 Å². The van der Waals surface area contributed by atoms with Crippen LogP contribution >= 0.6 is 0 Å². The molecule has 0 spiro atoms. The summed E-state index contributed by atoms with van der Waals surface area (Å²) in [5, 5.41) is 0. The number of nitrogens with zero attached hydrogens (tertiary/aromatic N) is 1. The molecule has 1 fully saturated rings. The Balaban J connectivity index is 1.98. The van der Waals surface area contributed by atoms with Crippen LogP contribution in [0, 0.1) is 17.7 Å². The molecule has 7 nitrogen and oxygen atoms in total. The Kier molecular flexibility index (Phi) is 12.2. The van der Waals surface area contributed by atoms with Crippen molar-refractivity contribution in [2.45, 2.75) is 95.2 Å². The summed E-state index contributed by atoms with van der Waals surface area (Å²) < 4.78 is 80.1. The molecule has 1 aliphatic carbocycles. The third kappa shape index (κ3) is 9.92. The molecule has 0 aromatic heterocycles. The second kappa shape index (κ2) is 14.4. The number of carbonyl (C=O) groups is 2. The predicted molar refractivity (Wildman–Crippen MR) is 136 cm³/mol. The number of nitrogens with two attached hydrogens (primary N) is 1. The minimum Gasteiger partial charge on any atom is -0.320 e. The lowest BCUT2D eigenvalue weighted by molar-refractivity contribution is -0.146. The number of hydrogen-bond donors (Lipinski definition) is 2. The third-order valence-electron chi connectivity index (χ3n) is 6.74. The van der Waals surface area contributed by atoms with Crippen molar-refractivity contribution in [1.29, 1.82) is 0 Å². The maximum atomic E-state index is 13.3. The van der Waals surface area contributed by atoms with Gasteiger partial charge in [0, 0.05) is 19.5 Å². The summed E-state index contributed by atoms with van der Waals surface area (Å²) >= 11 is 0. The fourth-order valence-electron chi connectivity index (χ4n) is 4.74. The summed E-state index contributed by atoms with van der Waals surface area (Å²) in [6.45, 7) is 3.63. The summed E-state index contributed by atoms with van der Waals surface area (Å²) in [6.07, 6.45) is 2.26. The van der Waals surface area contributed by atoms with Gasteiger partial charge in [0.2, 0.25) is 21.8 Å². The molecule has 2 amide bonds. The molecule has 0 saturated heterocycles. The first kappa shape index (κ1) is 32.2. The molecule has 1 saturated carbocycles. The Labute approximate surface area is 222 Å². The highest BCUT2D eigenvalue weighted by Crippen LogP contribution is 2.34. The number of unbranched alkanes of at least 4 members (excludes halogenated alkanes) is 1. The van der Waals surface area contributed by atoms with E-state index in [1.165, 1.54) is 6.42 Å². The molecular formula is C26H39F4N3O4S. The van der Waals surface area contributed by atoms with Crippen molar-refractivity contribution in [3.8, 4) is 0 Å². The molecule has 1 aliphatic rings. The van der Waals surface area contributed by atoms with Crippen LogP contribution in [0.2, 0.25) is 0 Å². The number of amides is 2. The fourth-order valence-corrected chi connectivity index (χ4v) is 6.02. The molecule has 0 bridgehead atoms. The van der Waals surface area contributed by atoms with Crippen LogP contribution in [0.3, 0.4) is 0 Å². The van der Waals surface area contributed by atoms with Crippen LogP contribution in [0.25, 0.3) is 0 Å². The Hall–Kier alpha value is -2.05. The lowest BCUT2D eigenvalue weighted by Gasteiger charge is -2.26. The topological polar surface area (TPSA) is 110 Å². The quantitative estimate of drug-likeness (QED) is 0.259. The molecule has 0 radical (unpaired) electrons. The minimum absolute atomic E-state index is 0.0280. The highest BCUT2D eigenvalue weighted by atomic mass is 32.2. The zero-order valence-corrected chi connectivity index (χ0v) is 22.8. The average Bonchev–Trinajstić information content (AvgIpc) is 2.83. The van der Waals surface area contributed by atoms with Crippen molar-refractivity contribution in [2.75, 3.05) is 13.1 Å². The SMILES string of the molecule is CC(C)C[C@H](N)C(=O)N(CCCCNS(=O)(=O)c1ccc(F)cc1C(F)(F)F)C(=O)CCC1CCCCC1. The number of benzene rings is 1. The van der Waals surface area contributed by atoms with E-state index in [2.05, 4.69) is 4.72 Å². The first-order valence-corrected chi connectivity index (χ1v) is 14.7. The van der Waals surface area contributed by atoms with Gasteiger partial charge in [-0.3, -0.25) is 14.5 Å². The Morgan fingerprint density at radius 2 is 1.79 bits per heavy atom. The number of hydrogen-bond acceptors (Lipinski definition) is 5. The zero-order chi connectivity index (χ0) is 28.5. The van der Waals surface area contributed by atoms with Crippen molar-refractivity contribution in [3.05, 3.63) is 29.6 Å². The van der Waals surface area contributed by atoms with Crippen molar-refractivity contribution < 1.29 is 35.6 Å². The van der Waals surface area contributed by atoms with Crippen molar-refractivity contribution in [2.24, 2.45) is 17.6 Å². The molecule has 0 heterocycles. The van der Waals surface area contributed by atoms with E-state index >= 15 is 0 Å². The van der Waals surface area contributed by atoms with Crippen LogP contribution in [0.15, 0.2) is 23.1 Å². The largest absolute Gasteiger partial charge is 0.417 e. The zero-order valence-electron chi connectivity index (χ0n) is 22.0. The standard InChI is InChI=1S/C26H39F4N3O4S/c1-18(2)16-22(31)25(35)33(24(34)13-10-19-8-4-3-5-9-19)15-7-6-14-32-38(36,37)23-12-11-20(27)17-21(23)26(28,29)30/h11-12,17-19,22,32H,3-10,13-16,31H2,1-2H3/t22-/m0/s1. The molecule has 0 unspecified atom stereocenters. The molecule has 1 atom stereocenters. The van der Waals surface area contributed by atoms with Gasteiger partial charge in [-0.2, -0.15) is 13.2 Å². The highest BCUT2D eigenvalue weighted by molar-refractivity contribution is 7.89. The first-order valence-electron chi connectivity index (χ1n) is 13.2. The normalized spacial score (nSPS) is 16.0. The Morgan fingerprint density at radius 3 is 2.39 bits per heavy atom. The van der Waals surface area contributed by atoms with Crippen LogP contribution in [-0.2, 0) is 25.8 Å². The number of nitrogens with one attached hydrogen (secondary N) is 1. The fraction of sp³-hybridized carbons (Fsp3) is 0.692. The molecule has 38 heavy (non-hydrogen) atoms. The van der Waals surface area contributed by atoms with E-state index in [0.717, 1.165) is 30.6 Å². The van der Waals surface area contributed by atoms with Crippen molar-refractivity contribution >= 4 is 21.8 Å². The van der Waals surface area contributed by atoms with E-state index in [1.54, 1.807) is 0 Å². The molecule has 3 N–H and O–H groups in total. The smallest absolute Gasteiger partial charge is 0.320 e. The maximum Gasteiger partial charge on any atom is 0.417 e. The number of rotatable bonds is 13. The predicted octanol–water partition coefficient (Wildman–Crippen LogP) is 4.99. The minimum atomic E-state index is -5.06. The van der Waals surface area contributed by atoms with Crippen LogP contribution in [0.5, 0.6) is 0 Å².